The predicted octanol–water partition coefficient (Wildman–Crippen LogP) is 4.10. The van der Waals surface area contributed by atoms with Crippen LogP contribution >= 0.6 is 0 Å². The van der Waals surface area contributed by atoms with Crippen LogP contribution in [0.1, 0.15) is 5.56 Å². The molecule has 1 nitrogen and oxygen atoms in total. The highest BCUT2D eigenvalue weighted by atomic mass is 28.4. The highest BCUT2D eigenvalue weighted by Gasteiger charge is 2.36. The van der Waals surface area contributed by atoms with E-state index in [1.54, 1.807) is 0 Å². The van der Waals surface area contributed by atoms with Crippen molar-refractivity contribution in [2.24, 2.45) is 0 Å². The van der Waals surface area contributed by atoms with Gasteiger partial charge in [-0.3, -0.25) is 0 Å². The molecular weight excluding hydrogens is 296 g/mol. The van der Waals surface area contributed by atoms with Crippen molar-refractivity contribution in [3.05, 3.63) is 97.1 Å². The van der Waals surface area contributed by atoms with E-state index in [9.17, 15) is 0 Å². The van der Waals surface area contributed by atoms with Crippen LogP contribution in [0.5, 0.6) is 5.75 Å². The molecule has 0 aliphatic heterocycles. The minimum atomic E-state index is -2.34. The number of para-hydroxylation sites is 1. The third kappa shape index (κ3) is 3.12. The Hall–Kier alpha value is -2.58. The second kappa shape index (κ2) is 6.67. The van der Waals surface area contributed by atoms with Crippen LogP contribution in [0.4, 0.5) is 0 Å². The van der Waals surface area contributed by atoms with E-state index in [4.69, 9.17) is 4.43 Å². The normalized spacial score (nSPS) is 11.0. The fourth-order valence-corrected chi connectivity index (χ4v) is 5.61. The zero-order valence-corrected chi connectivity index (χ0v) is 14.3. The van der Waals surface area contributed by atoms with Gasteiger partial charge in [-0.2, -0.15) is 0 Å². The zero-order valence-electron chi connectivity index (χ0n) is 13.3. The SMILES string of the molecule is C=Cc1ccccc1O[Si](C)(c1ccccc1)c1ccccc1. The van der Waals surface area contributed by atoms with Crippen molar-refractivity contribution < 1.29 is 4.43 Å². The van der Waals surface area contributed by atoms with Gasteiger partial charge in [0.1, 0.15) is 5.75 Å². The molecule has 0 aliphatic carbocycles. The van der Waals surface area contributed by atoms with Crippen molar-refractivity contribution in [3.63, 3.8) is 0 Å². The number of hydrogen-bond acceptors (Lipinski definition) is 1. The molecule has 0 saturated carbocycles. The molecule has 0 heterocycles. The van der Waals surface area contributed by atoms with Gasteiger partial charge in [0.05, 0.1) is 0 Å². The Balaban J connectivity index is 2.11. The summed E-state index contributed by atoms with van der Waals surface area (Å²) in [6.07, 6.45) is 1.85. The molecule has 3 rings (SSSR count). The Bertz CT molecular complexity index is 742. The highest BCUT2D eigenvalue weighted by molar-refractivity contribution is 6.97. The quantitative estimate of drug-likeness (QED) is 0.644. The van der Waals surface area contributed by atoms with E-state index < -0.39 is 8.32 Å². The summed E-state index contributed by atoms with van der Waals surface area (Å²) < 4.78 is 6.66. The van der Waals surface area contributed by atoms with E-state index in [1.165, 1.54) is 10.4 Å². The highest BCUT2D eigenvalue weighted by Crippen LogP contribution is 2.22. The molecule has 0 amide bonds. The van der Waals surface area contributed by atoms with E-state index in [2.05, 4.69) is 61.7 Å². The summed E-state index contributed by atoms with van der Waals surface area (Å²) in [6.45, 7) is 6.15. The van der Waals surface area contributed by atoms with Crippen LogP contribution in [0.3, 0.4) is 0 Å². The molecular formula is C21H20OSi. The first-order chi connectivity index (χ1) is 11.2. The van der Waals surface area contributed by atoms with E-state index in [0.29, 0.717) is 0 Å². The number of benzene rings is 3. The predicted molar refractivity (Wildman–Crippen MR) is 101 cm³/mol. The average Bonchev–Trinajstić information content (AvgIpc) is 2.63. The summed E-state index contributed by atoms with van der Waals surface area (Å²) in [6, 6.07) is 29.1. The molecule has 0 fully saturated rings. The maximum absolute atomic E-state index is 6.66. The fraction of sp³-hybridized carbons (Fsp3) is 0.0476. The molecule has 0 radical (unpaired) electrons. The van der Waals surface area contributed by atoms with Crippen molar-refractivity contribution in [1.29, 1.82) is 0 Å². The lowest BCUT2D eigenvalue weighted by Crippen LogP contribution is -2.60. The Morgan fingerprint density at radius 2 is 1.22 bits per heavy atom. The van der Waals surface area contributed by atoms with Crippen LogP contribution in [0.25, 0.3) is 6.08 Å². The Labute approximate surface area is 139 Å². The van der Waals surface area contributed by atoms with Crippen LogP contribution in [0, 0.1) is 0 Å². The van der Waals surface area contributed by atoms with E-state index >= 15 is 0 Å². The van der Waals surface area contributed by atoms with Gasteiger partial charge >= 0.3 is 8.32 Å². The van der Waals surface area contributed by atoms with Gasteiger partial charge in [-0.25, -0.2) is 0 Å². The summed E-state index contributed by atoms with van der Waals surface area (Å²) in [5.41, 5.74) is 1.03. The third-order valence-corrected chi connectivity index (χ3v) is 7.60. The lowest BCUT2D eigenvalue weighted by Gasteiger charge is -2.30. The Kier molecular flexibility index (Phi) is 4.44. The largest absolute Gasteiger partial charge is 0.534 e. The lowest BCUT2D eigenvalue weighted by molar-refractivity contribution is 0.569. The van der Waals surface area contributed by atoms with Crippen LogP contribution in [-0.2, 0) is 0 Å². The van der Waals surface area contributed by atoms with Gasteiger partial charge in [-0.15, -0.1) is 0 Å². The maximum Gasteiger partial charge on any atom is 0.311 e. The third-order valence-electron chi connectivity index (χ3n) is 4.10. The molecule has 0 N–H and O–H groups in total. The minimum absolute atomic E-state index is 0.893. The van der Waals surface area contributed by atoms with Gasteiger partial charge in [0, 0.05) is 5.56 Å². The van der Waals surface area contributed by atoms with Crippen LogP contribution < -0.4 is 14.8 Å². The van der Waals surface area contributed by atoms with Gasteiger partial charge in [-0.05, 0) is 23.0 Å². The van der Waals surface area contributed by atoms with Crippen LogP contribution in [0.15, 0.2) is 91.5 Å². The second-order valence-corrected chi connectivity index (χ2v) is 9.03. The number of hydrogen-bond donors (Lipinski definition) is 0. The van der Waals surface area contributed by atoms with Crippen LogP contribution in [-0.4, -0.2) is 8.32 Å². The van der Waals surface area contributed by atoms with Crippen molar-refractivity contribution in [2.45, 2.75) is 6.55 Å². The molecule has 0 spiro atoms. The van der Waals surface area contributed by atoms with Gasteiger partial charge < -0.3 is 4.43 Å². The minimum Gasteiger partial charge on any atom is -0.534 e. The average molecular weight is 316 g/mol. The first-order valence-electron chi connectivity index (χ1n) is 7.75. The van der Waals surface area contributed by atoms with Gasteiger partial charge in [-0.1, -0.05) is 91.5 Å². The monoisotopic (exact) mass is 316 g/mol. The van der Waals surface area contributed by atoms with Crippen molar-refractivity contribution in [1.82, 2.24) is 0 Å². The smallest absolute Gasteiger partial charge is 0.311 e. The van der Waals surface area contributed by atoms with E-state index in [0.717, 1.165) is 11.3 Å². The first kappa shape index (κ1) is 15.3. The Morgan fingerprint density at radius 1 is 0.739 bits per heavy atom. The summed E-state index contributed by atoms with van der Waals surface area (Å²) in [7, 11) is -2.34. The molecule has 3 aromatic rings. The zero-order chi connectivity index (χ0) is 16.1. The van der Waals surface area contributed by atoms with E-state index in [1.807, 2.05) is 42.5 Å². The molecule has 0 aromatic heterocycles. The first-order valence-corrected chi connectivity index (χ1v) is 10.2. The summed E-state index contributed by atoms with van der Waals surface area (Å²) >= 11 is 0. The molecule has 0 saturated heterocycles. The summed E-state index contributed by atoms with van der Waals surface area (Å²) in [5.74, 6) is 0.893. The molecule has 0 bridgehead atoms. The standard InChI is InChI=1S/C21H20OSi/c1-3-18-12-10-11-17-21(18)22-23(2,19-13-6-4-7-14-19)20-15-8-5-9-16-20/h3-17H,1H2,2H3. The number of rotatable bonds is 5. The molecule has 0 atom stereocenters. The van der Waals surface area contributed by atoms with Crippen molar-refractivity contribution >= 4 is 24.8 Å². The molecule has 0 aliphatic rings. The lowest BCUT2D eigenvalue weighted by atomic mass is 10.2. The molecule has 2 heteroatoms. The molecule has 114 valence electrons. The fourth-order valence-electron chi connectivity index (χ4n) is 2.76. The van der Waals surface area contributed by atoms with Gasteiger partial charge in [0.25, 0.3) is 0 Å². The molecule has 23 heavy (non-hydrogen) atoms. The molecule has 0 unspecified atom stereocenters. The second-order valence-electron chi connectivity index (χ2n) is 5.61. The van der Waals surface area contributed by atoms with Crippen LogP contribution in [0.2, 0.25) is 6.55 Å². The summed E-state index contributed by atoms with van der Waals surface area (Å²) in [4.78, 5) is 0. The van der Waals surface area contributed by atoms with Gasteiger partial charge in [0.2, 0.25) is 0 Å². The van der Waals surface area contributed by atoms with Gasteiger partial charge in [0.15, 0.2) is 0 Å². The van der Waals surface area contributed by atoms with Crippen molar-refractivity contribution in [3.8, 4) is 5.75 Å². The molecule has 3 aromatic carbocycles. The van der Waals surface area contributed by atoms with E-state index in [-0.39, 0.29) is 0 Å². The maximum atomic E-state index is 6.66. The van der Waals surface area contributed by atoms with Crippen molar-refractivity contribution in [2.75, 3.05) is 0 Å². The summed E-state index contributed by atoms with van der Waals surface area (Å²) in [5, 5.41) is 2.51. The Morgan fingerprint density at radius 3 is 1.74 bits per heavy atom. The topological polar surface area (TPSA) is 9.23 Å².